The Morgan fingerprint density at radius 3 is 1.38 bits per heavy atom. The van der Waals surface area contributed by atoms with Gasteiger partial charge >= 0.3 is 11.9 Å². The molecule has 0 aliphatic heterocycles. The average Bonchev–Trinajstić information content (AvgIpc) is 3.04. The zero-order valence-corrected chi connectivity index (χ0v) is 31.7. The number of aliphatic carboxylic acids is 1. The summed E-state index contributed by atoms with van der Waals surface area (Å²) < 4.78 is 5.41. The number of rotatable bonds is 39. The van der Waals surface area contributed by atoms with Gasteiger partial charge in [0.15, 0.2) is 0 Å². The molecule has 0 aromatic rings. The zero-order valence-electron chi connectivity index (χ0n) is 31.7. The fourth-order valence-electron chi connectivity index (χ4n) is 6.55. The molecule has 0 bridgehead atoms. The smallest absolute Gasteiger partial charge is 0.305 e. The number of esters is 1. The molecule has 6 heteroatoms. The lowest BCUT2D eigenvalue weighted by atomic mass is 10.0. The van der Waals surface area contributed by atoms with Crippen LogP contribution in [-0.4, -0.2) is 42.3 Å². The summed E-state index contributed by atoms with van der Waals surface area (Å²) in [5.41, 5.74) is 6.28. The van der Waals surface area contributed by atoms with Gasteiger partial charge in [0.05, 0.1) is 6.61 Å². The van der Waals surface area contributed by atoms with E-state index in [0.29, 0.717) is 25.5 Å². The minimum atomic E-state index is -0.666. The second kappa shape index (κ2) is 37.7. The minimum Gasteiger partial charge on any atom is -0.481 e. The van der Waals surface area contributed by atoms with Gasteiger partial charge in [-0.1, -0.05) is 174 Å². The number of ether oxygens (including phenoxy) is 1. The van der Waals surface area contributed by atoms with E-state index in [2.05, 4.69) is 19.2 Å². The maximum atomic E-state index is 11.9. The highest BCUT2D eigenvalue weighted by Crippen LogP contribution is 2.15. The zero-order chi connectivity index (χ0) is 34.5. The van der Waals surface area contributed by atoms with Crippen molar-refractivity contribution >= 4 is 11.9 Å². The Hall–Kier alpha value is -1.14. The van der Waals surface area contributed by atoms with Crippen LogP contribution in [0.3, 0.4) is 0 Å². The van der Waals surface area contributed by atoms with Crippen LogP contribution in [0.4, 0.5) is 0 Å². The van der Waals surface area contributed by atoms with Crippen molar-refractivity contribution in [1.82, 2.24) is 5.32 Å². The number of carbonyl (C=O) groups excluding carboxylic acids is 1. The van der Waals surface area contributed by atoms with Crippen LogP contribution < -0.4 is 11.1 Å². The van der Waals surface area contributed by atoms with E-state index in [9.17, 15) is 9.59 Å². The van der Waals surface area contributed by atoms with Gasteiger partial charge in [-0.25, -0.2) is 0 Å². The second-order valence-electron chi connectivity index (χ2n) is 14.6. The van der Waals surface area contributed by atoms with E-state index in [1.54, 1.807) is 0 Å². The molecule has 0 fully saturated rings. The first-order valence-corrected chi connectivity index (χ1v) is 20.8. The van der Waals surface area contributed by atoms with E-state index >= 15 is 0 Å². The van der Waals surface area contributed by atoms with Gasteiger partial charge in [-0.15, -0.1) is 0 Å². The molecular weight excluding hydrogens is 584 g/mol. The molecule has 0 saturated carbocycles. The van der Waals surface area contributed by atoms with Crippen LogP contribution in [0.2, 0.25) is 0 Å². The molecule has 6 nitrogen and oxygen atoms in total. The quantitative estimate of drug-likeness (QED) is 0.0446. The Kier molecular flexibility index (Phi) is 36.8. The molecule has 0 aliphatic carbocycles. The van der Waals surface area contributed by atoms with E-state index in [1.165, 1.54) is 167 Å². The number of carbonyl (C=O) groups is 2. The maximum Gasteiger partial charge on any atom is 0.305 e. The summed E-state index contributed by atoms with van der Waals surface area (Å²) in [6.45, 7) is 6.11. The number of hydrogen-bond donors (Lipinski definition) is 3. The number of hydrogen-bond acceptors (Lipinski definition) is 5. The lowest BCUT2D eigenvalue weighted by molar-refractivity contribution is -0.144. The highest BCUT2D eigenvalue weighted by molar-refractivity contribution is 5.69. The van der Waals surface area contributed by atoms with E-state index in [1.807, 2.05) is 0 Å². The van der Waals surface area contributed by atoms with Gasteiger partial charge in [0.25, 0.3) is 0 Å². The summed E-state index contributed by atoms with van der Waals surface area (Å²) in [5, 5.41) is 12.4. The van der Waals surface area contributed by atoms with Gasteiger partial charge < -0.3 is 20.9 Å². The van der Waals surface area contributed by atoms with E-state index in [4.69, 9.17) is 15.6 Å². The van der Waals surface area contributed by atoms with Crippen LogP contribution >= 0.6 is 0 Å². The molecule has 0 saturated heterocycles. The maximum absolute atomic E-state index is 11.9. The predicted molar refractivity (Wildman–Crippen MR) is 202 cm³/mol. The lowest BCUT2D eigenvalue weighted by Crippen LogP contribution is -2.43. The lowest BCUT2D eigenvalue weighted by Gasteiger charge is -2.22. The number of carboxylic acid groups (broad SMARTS) is 1. The van der Waals surface area contributed by atoms with Gasteiger partial charge in [-0.05, 0) is 45.6 Å². The third-order valence-corrected chi connectivity index (χ3v) is 9.77. The fraction of sp³-hybridized carbons (Fsp3) is 0.951. The summed E-state index contributed by atoms with van der Waals surface area (Å²) in [6, 6.07) is 0.658. The number of unbranched alkanes of at least 4 members (excludes halogenated alkanes) is 27. The molecule has 2 atom stereocenters. The second-order valence-corrected chi connectivity index (χ2v) is 14.6. The molecule has 0 spiro atoms. The highest BCUT2D eigenvalue weighted by atomic mass is 16.5. The van der Waals surface area contributed by atoms with E-state index in [-0.39, 0.29) is 12.0 Å². The highest BCUT2D eigenvalue weighted by Gasteiger charge is 2.12. The molecule has 47 heavy (non-hydrogen) atoms. The van der Waals surface area contributed by atoms with Crippen molar-refractivity contribution in [3.63, 3.8) is 0 Å². The Labute approximate surface area is 292 Å². The normalized spacial score (nSPS) is 12.7. The molecule has 280 valence electrons. The molecule has 0 amide bonds. The Balaban J connectivity index is 3.40. The van der Waals surface area contributed by atoms with Crippen molar-refractivity contribution in [3.8, 4) is 0 Å². The topological polar surface area (TPSA) is 102 Å². The molecule has 0 aromatic carbocycles. The monoisotopic (exact) mass is 667 g/mol. The van der Waals surface area contributed by atoms with Crippen LogP contribution in [0.1, 0.15) is 226 Å². The van der Waals surface area contributed by atoms with Crippen molar-refractivity contribution in [2.24, 2.45) is 5.73 Å². The summed E-state index contributed by atoms with van der Waals surface area (Å²) >= 11 is 0. The molecule has 2 unspecified atom stereocenters. The first-order chi connectivity index (χ1) is 23.0. The van der Waals surface area contributed by atoms with Crippen LogP contribution in [0.15, 0.2) is 0 Å². The molecule has 0 aliphatic rings. The van der Waals surface area contributed by atoms with Crippen LogP contribution in [0.25, 0.3) is 0 Å². The van der Waals surface area contributed by atoms with Gasteiger partial charge in [0.2, 0.25) is 0 Å². The molecule has 0 heterocycles. The third kappa shape index (κ3) is 37.5. The number of nitrogens with two attached hydrogens (primary N) is 1. The van der Waals surface area contributed by atoms with Crippen molar-refractivity contribution in [3.05, 3.63) is 0 Å². The molecule has 4 N–H and O–H groups in total. The van der Waals surface area contributed by atoms with Gasteiger partial charge in [0, 0.05) is 24.9 Å². The van der Waals surface area contributed by atoms with E-state index < -0.39 is 5.97 Å². The van der Waals surface area contributed by atoms with Gasteiger partial charge in [-0.3, -0.25) is 9.59 Å². The van der Waals surface area contributed by atoms with Crippen LogP contribution in [0, 0.1) is 0 Å². The number of nitrogens with one attached hydrogen (secondary N) is 1. The summed E-state index contributed by atoms with van der Waals surface area (Å²) in [7, 11) is 0. The Morgan fingerprint density at radius 2 is 0.936 bits per heavy atom. The van der Waals surface area contributed by atoms with Crippen molar-refractivity contribution < 1.29 is 19.4 Å². The molecule has 0 radical (unpaired) electrons. The molecule has 0 rings (SSSR count). The summed E-state index contributed by atoms with van der Waals surface area (Å²) in [6.07, 6.45) is 39.9. The number of carboxylic acids is 1. The van der Waals surface area contributed by atoms with Crippen molar-refractivity contribution in [2.45, 2.75) is 238 Å². The van der Waals surface area contributed by atoms with Gasteiger partial charge in [0.1, 0.15) is 0 Å². The molecule has 0 aromatic heterocycles. The average molecular weight is 667 g/mol. The standard InChI is InChI=1S/C41H82N2O4/c1-3-4-5-6-7-22-27-32-37-47-41(46)35-30-25-20-16-12-9-13-17-21-26-31-36-43-39(38(2)42)33-28-23-18-14-10-8-11-15-19-24-29-34-40(44)45/h38-39,43H,3-37,42H2,1-2H3,(H,44,45). The van der Waals surface area contributed by atoms with Crippen LogP contribution in [0.5, 0.6) is 0 Å². The minimum absolute atomic E-state index is 0.00493. The Morgan fingerprint density at radius 1 is 0.553 bits per heavy atom. The summed E-state index contributed by atoms with van der Waals surface area (Å²) in [5.74, 6) is -0.661. The first kappa shape index (κ1) is 45.9. The first-order valence-electron chi connectivity index (χ1n) is 20.8. The Bertz CT molecular complexity index is 657. The van der Waals surface area contributed by atoms with Crippen molar-refractivity contribution in [1.29, 1.82) is 0 Å². The van der Waals surface area contributed by atoms with Gasteiger partial charge in [-0.2, -0.15) is 0 Å². The summed E-state index contributed by atoms with van der Waals surface area (Å²) in [4.78, 5) is 22.4. The fourth-order valence-corrected chi connectivity index (χ4v) is 6.55. The van der Waals surface area contributed by atoms with Crippen molar-refractivity contribution in [2.75, 3.05) is 13.2 Å². The van der Waals surface area contributed by atoms with E-state index in [0.717, 1.165) is 38.6 Å². The third-order valence-electron chi connectivity index (χ3n) is 9.77. The largest absolute Gasteiger partial charge is 0.481 e. The molecular formula is C41H82N2O4. The predicted octanol–water partition coefficient (Wildman–Crippen LogP) is 11.8. The SMILES string of the molecule is CCCCCCCCCCOC(=O)CCCCCCCCCCCCCNC(CCCCCCCCCCCCCC(=O)O)C(C)N. The van der Waals surface area contributed by atoms with Crippen LogP contribution in [-0.2, 0) is 14.3 Å².